The van der Waals surface area contributed by atoms with Gasteiger partial charge in [0.1, 0.15) is 0 Å². The van der Waals surface area contributed by atoms with Gasteiger partial charge in [0.05, 0.1) is 28.7 Å². The Hall–Kier alpha value is -4.07. The minimum atomic E-state index is -0.384. The number of fused-ring (bicyclic) bond motifs is 1. The molecule has 0 saturated heterocycles. The molecule has 0 fully saturated rings. The Balaban J connectivity index is 1.63. The van der Waals surface area contributed by atoms with E-state index in [4.69, 9.17) is 0 Å². The van der Waals surface area contributed by atoms with Crippen molar-refractivity contribution in [2.24, 2.45) is 20.0 Å². The number of carbonyl (C=O) groups excluding carboxylic acids is 2. The van der Waals surface area contributed by atoms with Crippen molar-refractivity contribution in [3.8, 4) is 0 Å². The molecule has 2 aromatic heterocycles. The van der Waals surface area contributed by atoms with Crippen molar-refractivity contribution in [2.75, 3.05) is 11.9 Å². The molecule has 0 radical (unpaired) electrons. The molecule has 6 rings (SSSR count). The van der Waals surface area contributed by atoms with Crippen LogP contribution in [0.5, 0.6) is 0 Å². The fraction of sp³-hybridized carbons (Fsp3) is 0.345. The maximum atomic E-state index is 13.7. The molecule has 1 atom stereocenters. The third-order valence-electron chi connectivity index (χ3n) is 7.89. The summed E-state index contributed by atoms with van der Waals surface area (Å²) in [6, 6.07) is 12.2. The molecule has 4 aromatic rings. The maximum absolute atomic E-state index is 13.7. The molecule has 0 spiro atoms. The molecule has 37 heavy (non-hydrogen) atoms. The van der Waals surface area contributed by atoms with E-state index in [-0.39, 0.29) is 30.0 Å². The second kappa shape index (κ2) is 8.23. The van der Waals surface area contributed by atoms with E-state index in [1.54, 1.807) is 23.2 Å². The van der Waals surface area contributed by atoms with Crippen LogP contribution >= 0.6 is 0 Å². The highest BCUT2D eigenvalue weighted by atomic mass is 16.2. The summed E-state index contributed by atoms with van der Waals surface area (Å²) in [5, 5.41) is 4.63. The number of imide groups is 1. The number of hydrogen-bond donors (Lipinski definition) is 1. The number of nitrogens with one attached hydrogen (secondary N) is 1. The molecule has 1 unspecified atom stereocenters. The van der Waals surface area contributed by atoms with Crippen LogP contribution in [0.15, 0.2) is 58.7 Å². The number of aromatic nitrogens is 3. The topological polar surface area (TPSA) is 81.3 Å². The predicted octanol–water partition coefficient (Wildman–Crippen LogP) is 4.08. The number of anilines is 1. The van der Waals surface area contributed by atoms with Gasteiger partial charge in [0.25, 0.3) is 5.91 Å². The Bertz CT molecular complexity index is 1710. The van der Waals surface area contributed by atoms with Gasteiger partial charge in [-0.15, -0.1) is 0 Å². The van der Waals surface area contributed by atoms with Gasteiger partial charge in [-0.05, 0) is 47.7 Å². The molecule has 2 aromatic carbocycles. The van der Waals surface area contributed by atoms with Gasteiger partial charge in [-0.3, -0.25) is 23.6 Å². The minimum absolute atomic E-state index is 0.0955. The van der Waals surface area contributed by atoms with E-state index in [0.29, 0.717) is 11.5 Å². The molecule has 1 N–H and O–H groups in total. The molecular formula is C29H31N5O3. The monoisotopic (exact) mass is 497 g/mol. The van der Waals surface area contributed by atoms with Gasteiger partial charge in [-0.2, -0.15) is 0 Å². The standard InChI is InChI=1S/C29H31N5O3/c1-16(2)11-12-33-14-19-25(18-9-10-22-24(13-18)32(5)29(37)31(22)4)27-21(15-34(17(3)35)28(27)36)30-20-7-6-8-23(33)26(19)20/h6-10,13-14,16,25,30H,11-12,15H2,1-5H3. The van der Waals surface area contributed by atoms with Crippen LogP contribution in [0, 0.1) is 5.92 Å². The van der Waals surface area contributed by atoms with Crippen LogP contribution in [0.25, 0.3) is 21.9 Å². The van der Waals surface area contributed by atoms with E-state index >= 15 is 0 Å². The number of benzene rings is 2. The van der Waals surface area contributed by atoms with Gasteiger partial charge in [0, 0.05) is 56.4 Å². The Morgan fingerprint density at radius 2 is 1.81 bits per heavy atom. The van der Waals surface area contributed by atoms with Crippen molar-refractivity contribution in [3.63, 3.8) is 0 Å². The lowest BCUT2D eigenvalue weighted by Crippen LogP contribution is -2.33. The predicted molar refractivity (Wildman–Crippen MR) is 144 cm³/mol. The number of carbonyl (C=O) groups is 2. The number of imidazole rings is 1. The highest BCUT2D eigenvalue weighted by molar-refractivity contribution is 6.11. The minimum Gasteiger partial charge on any atom is -0.356 e. The summed E-state index contributed by atoms with van der Waals surface area (Å²) in [5.74, 6) is -0.363. The lowest BCUT2D eigenvalue weighted by Gasteiger charge is -2.20. The third-order valence-corrected chi connectivity index (χ3v) is 7.89. The normalized spacial score (nSPS) is 17.2. The molecule has 8 nitrogen and oxygen atoms in total. The number of aryl methyl sites for hydroxylation is 3. The van der Waals surface area contributed by atoms with E-state index in [1.807, 2.05) is 30.3 Å². The first-order chi connectivity index (χ1) is 17.7. The molecule has 0 aliphatic carbocycles. The number of amides is 2. The van der Waals surface area contributed by atoms with Crippen molar-refractivity contribution in [1.29, 1.82) is 0 Å². The fourth-order valence-corrected chi connectivity index (χ4v) is 5.91. The summed E-state index contributed by atoms with van der Waals surface area (Å²) in [7, 11) is 3.53. The van der Waals surface area contributed by atoms with Crippen LogP contribution < -0.4 is 11.0 Å². The zero-order valence-electron chi connectivity index (χ0n) is 21.8. The van der Waals surface area contributed by atoms with E-state index in [1.165, 1.54) is 11.8 Å². The van der Waals surface area contributed by atoms with Gasteiger partial charge >= 0.3 is 5.69 Å². The van der Waals surface area contributed by atoms with Crippen LogP contribution in [0.3, 0.4) is 0 Å². The molecule has 2 amide bonds. The molecule has 0 bridgehead atoms. The summed E-state index contributed by atoms with van der Waals surface area (Å²) in [5.41, 5.74) is 6.91. The van der Waals surface area contributed by atoms with Gasteiger partial charge in [0.2, 0.25) is 5.91 Å². The molecule has 0 saturated carbocycles. The van der Waals surface area contributed by atoms with Crippen LogP contribution in [-0.2, 0) is 30.2 Å². The molecule has 190 valence electrons. The lowest BCUT2D eigenvalue weighted by molar-refractivity contribution is -0.139. The van der Waals surface area contributed by atoms with E-state index < -0.39 is 0 Å². The van der Waals surface area contributed by atoms with Gasteiger partial charge in [-0.25, -0.2) is 4.79 Å². The largest absolute Gasteiger partial charge is 0.356 e. The number of hydrogen-bond acceptors (Lipinski definition) is 4. The molecule has 2 aliphatic rings. The number of nitrogens with zero attached hydrogens (tertiary/aromatic N) is 4. The fourth-order valence-electron chi connectivity index (χ4n) is 5.91. The van der Waals surface area contributed by atoms with Crippen molar-refractivity contribution in [1.82, 2.24) is 18.6 Å². The smallest absolute Gasteiger partial charge is 0.328 e. The molecule has 2 aliphatic heterocycles. The summed E-state index contributed by atoms with van der Waals surface area (Å²) in [4.78, 5) is 40.1. The first-order valence-electron chi connectivity index (χ1n) is 12.8. The summed E-state index contributed by atoms with van der Waals surface area (Å²) >= 11 is 0. The van der Waals surface area contributed by atoms with Gasteiger partial charge in [0.15, 0.2) is 0 Å². The van der Waals surface area contributed by atoms with Crippen LogP contribution in [0.4, 0.5) is 5.69 Å². The molecular weight excluding hydrogens is 466 g/mol. The lowest BCUT2D eigenvalue weighted by atomic mass is 9.84. The third kappa shape index (κ3) is 3.38. The first kappa shape index (κ1) is 23.3. The van der Waals surface area contributed by atoms with Crippen molar-refractivity contribution in [3.05, 3.63) is 75.5 Å². The molecule has 4 heterocycles. The van der Waals surface area contributed by atoms with Crippen molar-refractivity contribution in [2.45, 2.75) is 39.7 Å². The zero-order chi connectivity index (χ0) is 26.2. The molecule has 8 heteroatoms. The van der Waals surface area contributed by atoms with Crippen LogP contribution in [0.1, 0.15) is 44.2 Å². The zero-order valence-corrected chi connectivity index (χ0v) is 21.8. The summed E-state index contributed by atoms with van der Waals surface area (Å²) in [6.45, 7) is 6.96. The van der Waals surface area contributed by atoms with Gasteiger partial charge in [-0.1, -0.05) is 26.0 Å². The Morgan fingerprint density at radius 3 is 2.54 bits per heavy atom. The van der Waals surface area contributed by atoms with E-state index in [0.717, 1.165) is 57.4 Å². The average molecular weight is 498 g/mol. The Morgan fingerprint density at radius 1 is 1.05 bits per heavy atom. The van der Waals surface area contributed by atoms with Crippen LogP contribution in [-0.4, -0.2) is 37.0 Å². The van der Waals surface area contributed by atoms with E-state index in [2.05, 4.69) is 36.0 Å². The second-order valence-electron chi connectivity index (χ2n) is 10.7. The van der Waals surface area contributed by atoms with E-state index in [9.17, 15) is 14.4 Å². The second-order valence-corrected chi connectivity index (χ2v) is 10.7. The quantitative estimate of drug-likeness (QED) is 0.461. The summed E-state index contributed by atoms with van der Waals surface area (Å²) in [6.07, 6.45) is 3.21. The summed E-state index contributed by atoms with van der Waals surface area (Å²) < 4.78 is 5.55. The first-order valence-corrected chi connectivity index (χ1v) is 12.8. The van der Waals surface area contributed by atoms with Crippen LogP contribution in [0.2, 0.25) is 0 Å². The Labute approximate surface area is 214 Å². The highest BCUT2D eigenvalue weighted by Crippen LogP contribution is 2.46. The Kier molecular flexibility index (Phi) is 5.19. The van der Waals surface area contributed by atoms with Crippen molar-refractivity contribution >= 4 is 39.4 Å². The highest BCUT2D eigenvalue weighted by Gasteiger charge is 2.41. The average Bonchev–Trinajstić information content (AvgIpc) is 3.42. The van der Waals surface area contributed by atoms with Crippen molar-refractivity contribution < 1.29 is 9.59 Å². The van der Waals surface area contributed by atoms with Gasteiger partial charge < -0.3 is 9.88 Å². The SMILES string of the molecule is CC(=O)N1CC2=C(C1=O)C(c1ccc3c(c1)n(C)c(=O)n3C)c1cn(CCC(C)C)c3cccc(c13)N2. The number of rotatable bonds is 4. The maximum Gasteiger partial charge on any atom is 0.328 e.